The number of ether oxygens (including phenoxy) is 1. The van der Waals surface area contributed by atoms with Crippen LogP contribution in [-0.2, 0) is 16.1 Å². The van der Waals surface area contributed by atoms with Gasteiger partial charge in [-0.2, -0.15) is 0 Å². The Morgan fingerprint density at radius 1 is 1.33 bits per heavy atom. The molecule has 3 nitrogen and oxygen atoms in total. The molecular formula is C14H16FNO2. The number of halogens is 1. The normalized spacial score (nSPS) is 11.8. The van der Waals surface area contributed by atoms with Gasteiger partial charge in [-0.1, -0.05) is 0 Å². The van der Waals surface area contributed by atoms with Crippen LogP contribution in [0.3, 0.4) is 0 Å². The second-order valence-electron chi connectivity index (χ2n) is 5.23. The number of fused-ring (bicyclic) bond motifs is 1. The van der Waals surface area contributed by atoms with Gasteiger partial charge >= 0.3 is 5.97 Å². The molecule has 0 radical (unpaired) electrons. The Morgan fingerprint density at radius 2 is 2.06 bits per heavy atom. The van der Waals surface area contributed by atoms with Crippen molar-refractivity contribution in [3.05, 3.63) is 36.3 Å². The fourth-order valence-electron chi connectivity index (χ4n) is 1.82. The molecule has 1 heterocycles. The summed E-state index contributed by atoms with van der Waals surface area (Å²) < 4.78 is 20.0. The van der Waals surface area contributed by atoms with Gasteiger partial charge in [0.1, 0.15) is 18.0 Å². The fraction of sp³-hybridized carbons (Fsp3) is 0.357. The molecule has 4 heteroatoms. The number of esters is 1. The van der Waals surface area contributed by atoms with Gasteiger partial charge in [-0.25, -0.2) is 4.39 Å². The van der Waals surface area contributed by atoms with E-state index in [4.69, 9.17) is 4.74 Å². The summed E-state index contributed by atoms with van der Waals surface area (Å²) in [7, 11) is 0. The Labute approximate surface area is 105 Å². The first-order valence-electron chi connectivity index (χ1n) is 5.81. The van der Waals surface area contributed by atoms with Crippen molar-refractivity contribution in [1.82, 2.24) is 4.57 Å². The van der Waals surface area contributed by atoms with Crippen LogP contribution in [0.15, 0.2) is 30.5 Å². The minimum absolute atomic E-state index is 0.131. The lowest BCUT2D eigenvalue weighted by molar-refractivity contribution is -0.155. The monoisotopic (exact) mass is 249 g/mol. The highest BCUT2D eigenvalue weighted by Gasteiger charge is 2.17. The molecule has 0 spiro atoms. The molecule has 0 atom stereocenters. The van der Waals surface area contributed by atoms with Crippen LogP contribution in [0.1, 0.15) is 20.8 Å². The molecule has 0 aliphatic heterocycles. The second-order valence-corrected chi connectivity index (χ2v) is 5.23. The van der Waals surface area contributed by atoms with Crippen molar-refractivity contribution in [3.8, 4) is 0 Å². The van der Waals surface area contributed by atoms with Gasteiger partial charge in [-0.05, 0) is 45.0 Å². The lowest BCUT2D eigenvalue weighted by Gasteiger charge is -2.19. The van der Waals surface area contributed by atoms with E-state index < -0.39 is 5.60 Å². The molecule has 0 fully saturated rings. The van der Waals surface area contributed by atoms with Crippen LogP contribution in [0, 0.1) is 5.82 Å². The predicted molar refractivity (Wildman–Crippen MR) is 67.7 cm³/mol. The minimum Gasteiger partial charge on any atom is -0.459 e. The highest BCUT2D eigenvalue weighted by molar-refractivity contribution is 5.82. The van der Waals surface area contributed by atoms with E-state index in [1.807, 2.05) is 20.8 Å². The molecule has 0 N–H and O–H groups in total. The zero-order valence-electron chi connectivity index (χ0n) is 10.7. The van der Waals surface area contributed by atoms with Crippen LogP contribution in [-0.4, -0.2) is 16.1 Å². The summed E-state index contributed by atoms with van der Waals surface area (Å²) in [6.07, 6.45) is 1.76. The highest BCUT2D eigenvalue weighted by Crippen LogP contribution is 2.17. The van der Waals surface area contributed by atoms with Gasteiger partial charge in [0.05, 0.1) is 0 Å². The molecule has 96 valence electrons. The quantitative estimate of drug-likeness (QED) is 0.766. The lowest BCUT2D eigenvalue weighted by Crippen LogP contribution is -2.26. The van der Waals surface area contributed by atoms with E-state index in [1.165, 1.54) is 12.1 Å². The molecule has 0 amide bonds. The van der Waals surface area contributed by atoms with Crippen molar-refractivity contribution in [2.24, 2.45) is 0 Å². The zero-order valence-corrected chi connectivity index (χ0v) is 10.7. The maximum atomic E-state index is 13.0. The third kappa shape index (κ3) is 2.88. The lowest BCUT2D eigenvalue weighted by atomic mass is 10.2. The van der Waals surface area contributed by atoms with Crippen molar-refractivity contribution in [1.29, 1.82) is 0 Å². The number of rotatable bonds is 2. The van der Waals surface area contributed by atoms with E-state index in [0.29, 0.717) is 0 Å². The van der Waals surface area contributed by atoms with Gasteiger partial charge in [0.15, 0.2) is 0 Å². The maximum absolute atomic E-state index is 13.0. The van der Waals surface area contributed by atoms with E-state index in [2.05, 4.69) is 0 Å². The van der Waals surface area contributed by atoms with E-state index >= 15 is 0 Å². The number of carbonyl (C=O) groups is 1. The number of nitrogens with zero attached hydrogens (tertiary/aromatic N) is 1. The smallest absolute Gasteiger partial charge is 0.326 e. The van der Waals surface area contributed by atoms with Crippen LogP contribution in [0.4, 0.5) is 4.39 Å². The van der Waals surface area contributed by atoms with Crippen molar-refractivity contribution < 1.29 is 13.9 Å². The number of hydrogen-bond acceptors (Lipinski definition) is 2. The first-order chi connectivity index (χ1) is 8.35. The molecule has 0 aliphatic carbocycles. The second kappa shape index (κ2) is 4.44. The Bertz CT molecular complexity index is 581. The molecule has 18 heavy (non-hydrogen) atoms. The van der Waals surface area contributed by atoms with Crippen LogP contribution >= 0.6 is 0 Å². The van der Waals surface area contributed by atoms with Crippen molar-refractivity contribution >= 4 is 16.9 Å². The molecule has 1 aromatic carbocycles. The molecule has 0 saturated carbocycles. The molecule has 0 aliphatic rings. The maximum Gasteiger partial charge on any atom is 0.326 e. The largest absolute Gasteiger partial charge is 0.459 e. The third-order valence-corrected chi connectivity index (χ3v) is 2.45. The Balaban J connectivity index is 2.20. The fourth-order valence-corrected chi connectivity index (χ4v) is 1.82. The summed E-state index contributed by atoms with van der Waals surface area (Å²) in [6.45, 7) is 5.61. The van der Waals surface area contributed by atoms with Crippen LogP contribution < -0.4 is 0 Å². The van der Waals surface area contributed by atoms with Gasteiger partial charge in [0.2, 0.25) is 0 Å². The van der Waals surface area contributed by atoms with Crippen molar-refractivity contribution in [2.75, 3.05) is 0 Å². The van der Waals surface area contributed by atoms with E-state index in [1.54, 1.807) is 22.9 Å². The van der Waals surface area contributed by atoms with Crippen LogP contribution in [0.25, 0.3) is 10.9 Å². The van der Waals surface area contributed by atoms with E-state index in [9.17, 15) is 9.18 Å². The molecule has 0 saturated heterocycles. The summed E-state index contributed by atoms with van der Waals surface area (Å²) in [4.78, 5) is 11.7. The highest BCUT2D eigenvalue weighted by atomic mass is 19.1. The van der Waals surface area contributed by atoms with Gasteiger partial charge in [-0.3, -0.25) is 4.79 Å². The summed E-state index contributed by atoms with van der Waals surface area (Å²) in [5.74, 6) is -0.582. The predicted octanol–water partition coefficient (Wildman–Crippen LogP) is 3.12. The standard InChI is InChI=1S/C14H16FNO2/c1-14(2,3)18-13(17)9-16-7-6-10-8-11(15)4-5-12(10)16/h4-8H,9H2,1-3H3. The van der Waals surface area contributed by atoms with Crippen molar-refractivity contribution in [3.63, 3.8) is 0 Å². The number of aromatic nitrogens is 1. The topological polar surface area (TPSA) is 31.2 Å². The third-order valence-electron chi connectivity index (χ3n) is 2.45. The van der Waals surface area contributed by atoms with Gasteiger partial charge < -0.3 is 9.30 Å². The number of hydrogen-bond donors (Lipinski definition) is 0. The van der Waals surface area contributed by atoms with Gasteiger partial charge in [0.25, 0.3) is 0 Å². The molecule has 2 rings (SSSR count). The molecule has 0 unspecified atom stereocenters. The first kappa shape index (κ1) is 12.6. The molecule has 0 bridgehead atoms. The summed E-state index contributed by atoms with van der Waals surface area (Å²) in [5, 5.41) is 0.776. The molecular weight excluding hydrogens is 233 g/mol. The first-order valence-corrected chi connectivity index (χ1v) is 5.81. The average molecular weight is 249 g/mol. The Hall–Kier alpha value is -1.84. The Morgan fingerprint density at radius 3 is 2.72 bits per heavy atom. The molecule has 1 aromatic heterocycles. The minimum atomic E-state index is -0.494. The van der Waals surface area contributed by atoms with E-state index in [-0.39, 0.29) is 18.3 Å². The van der Waals surface area contributed by atoms with Crippen LogP contribution in [0.2, 0.25) is 0 Å². The number of benzene rings is 1. The zero-order chi connectivity index (χ0) is 13.3. The summed E-state index contributed by atoms with van der Waals surface area (Å²) in [5.41, 5.74) is 0.328. The van der Waals surface area contributed by atoms with E-state index in [0.717, 1.165) is 10.9 Å². The molecule has 2 aromatic rings. The SMILES string of the molecule is CC(C)(C)OC(=O)Cn1ccc2cc(F)ccc21. The van der Waals surface area contributed by atoms with Crippen LogP contribution in [0.5, 0.6) is 0 Å². The van der Waals surface area contributed by atoms with Gasteiger partial charge in [0, 0.05) is 17.1 Å². The number of carbonyl (C=O) groups excluding carboxylic acids is 1. The van der Waals surface area contributed by atoms with Crippen molar-refractivity contribution in [2.45, 2.75) is 32.9 Å². The summed E-state index contributed by atoms with van der Waals surface area (Å²) >= 11 is 0. The average Bonchev–Trinajstić information content (AvgIpc) is 2.57. The Kier molecular flexibility index (Phi) is 3.11. The summed E-state index contributed by atoms with van der Waals surface area (Å²) in [6, 6.07) is 6.27. The van der Waals surface area contributed by atoms with Gasteiger partial charge in [-0.15, -0.1) is 0 Å².